The van der Waals surface area contributed by atoms with Crippen LogP contribution in [0.3, 0.4) is 0 Å². The molecule has 3 aliphatic carbocycles. The Labute approximate surface area is 152 Å². The van der Waals surface area contributed by atoms with Gasteiger partial charge in [0.1, 0.15) is 5.79 Å². The molecule has 0 aliphatic heterocycles. The molecule has 3 nitrogen and oxygen atoms in total. The van der Waals surface area contributed by atoms with E-state index >= 15 is 0 Å². The number of rotatable bonds is 7. The molecule has 140 valence electrons. The van der Waals surface area contributed by atoms with Gasteiger partial charge in [-0.15, -0.1) is 0 Å². The summed E-state index contributed by atoms with van der Waals surface area (Å²) in [4.78, 5) is 0. The van der Waals surface area contributed by atoms with Crippen LogP contribution in [0.2, 0.25) is 6.04 Å². The van der Waals surface area contributed by atoms with Crippen molar-refractivity contribution in [3.8, 4) is 0 Å². The molecule has 0 aromatic rings. The highest BCUT2D eigenvalue weighted by Crippen LogP contribution is 2.25. The molecular formula is C20H41N3Si. The fraction of sp³-hybridized carbons (Fsp3) is 1.00. The molecule has 0 radical (unpaired) electrons. The van der Waals surface area contributed by atoms with Gasteiger partial charge in [0.25, 0.3) is 0 Å². The van der Waals surface area contributed by atoms with Gasteiger partial charge in [-0.05, 0) is 44.6 Å². The zero-order chi connectivity index (χ0) is 16.7. The second kappa shape index (κ2) is 9.70. The zero-order valence-corrected chi connectivity index (χ0v) is 18.0. The molecule has 0 aromatic heterocycles. The minimum atomic E-state index is 0.0260. The largest absolute Gasteiger partial charge is 0.284 e. The van der Waals surface area contributed by atoms with Crippen LogP contribution in [0, 0.1) is 0 Å². The number of nitrogens with one attached hydrogen (secondary N) is 3. The van der Waals surface area contributed by atoms with Gasteiger partial charge < -0.3 is 0 Å². The van der Waals surface area contributed by atoms with Gasteiger partial charge in [0.05, 0.1) is 0 Å². The van der Waals surface area contributed by atoms with Crippen molar-refractivity contribution in [1.29, 1.82) is 0 Å². The third kappa shape index (κ3) is 5.55. The highest BCUT2D eigenvalue weighted by atomic mass is 28.1. The van der Waals surface area contributed by atoms with Crippen molar-refractivity contribution < 1.29 is 0 Å². The van der Waals surface area contributed by atoms with Gasteiger partial charge in [-0.2, -0.15) is 0 Å². The molecule has 0 spiro atoms. The Hall–Kier alpha value is 0.0969. The van der Waals surface area contributed by atoms with Gasteiger partial charge in [-0.3, -0.25) is 16.0 Å². The smallest absolute Gasteiger partial charge is 0.120 e. The van der Waals surface area contributed by atoms with Crippen molar-refractivity contribution >= 4 is 10.2 Å². The summed E-state index contributed by atoms with van der Waals surface area (Å²) in [5, 5.41) is 12.4. The van der Waals surface area contributed by atoms with Crippen LogP contribution < -0.4 is 16.0 Å². The minimum absolute atomic E-state index is 0.0260. The Bertz CT molecular complexity index is 294. The van der Waals surface area contributed by atoms with Crippen molar-refractivity contribution in [3.05, 3.63) is 0 Å². The highest BCUT2D eigenvalue weighted by molar-refractivity contribution is 6.09. The fourth-order valence-corrected chi connectivity index (χ4v) is 5.83. The number of hydrogen-bond donors (Lipinski definition) is 3. The van der Waals surface area contributed by atoms with Gasteiger partial charge in [0.2, 0.25) is 0 Å². The molecule has 3 N–H and O–H groups in total. The normalized spacial score (nSPS) is 26.0. The Morgan fingerprint density at radius 1 is 0.542 bits per heavy atom. The Morgan fingerprint density at radius 3 is 1.08 bits per heavy atom. The predicted octanol–water partition coefficient (Wildman–Crippen LogP) is 3.19. The summed E-state index contributed by atoms with van der Waals surface area (Å²) in [6.07, 6.45) is 21.1. The maximum Gasteiger partial charge on any atom is 0.120 e. The lowest BCUT2D eigenvalue weighted by Gasteiger charge is -2.46. The molecular weight excluding hydrogens is 310 g/mol. The third-order valence-corrected chi connectivity index (χ3v) is 7.76. The Kier molecular flexibility index (Phi) is 7.63. The summed E-state index contributed by atoms with van der Waals surface area (Å²) in [7, 11) is 1.25. The van der Waals surface area contributed by atoms with Crippen LogP contribution in [-0.2, 0) is 0 Å². The first-order valence-electron chi connectivity index (χ1n) is 11.1. The molecule has 24 heavy (non-hydrogen) atoms. The average molecular weight is 352 g/mol. The second-order valence-electron chi connectivity index (χ2n) is 8.70. The summed E-state index contributed by atoms with van der Waals surface area (Å²) >= 11 is 0. The van der Waals surface area contributed by atoms with E-state index < -0.39 is 0 Å². The summed E-state index contributed by atoms with van der Waals surface area (Å²) in [6, 6.07) is 3.44. The maximum absolute atomic E-state index is 4.13. The minimum Gasteiger partial charge on any atom is -0.284 e. The molecule has 0 heterocycles. The molecule has 0 unspecified atom stereocenters. The molecule has 3 saturated carbocycles. The first kappa shape index (κ1) is 18.9. The Balaban J connectivity index is 1.65. The first-order chi connectivity index (χ1) is 11.8. The zero-order valence-electron chi connectivity index (χ0n) is 16.0. The summed E-state index contributed by atoms with van der Waals surface area (Å²) < 4.78 is 0. The van der Waals surface area contributed by atoms with Crippen LogP contribution in [0.25, 0.3) is 0 Å². The lowest BCUT2D eigenvalue weighted by Crippen LogP contribution is -2.72. The van der Waals surface area contributed by atoms with E-state index in [1.807, 2.05) is 0 Å². The SMILES string of the molecule is [SiH3]CC(NC1CCCCC1)(NC1CCCCC1)NC1CCCCC1. The molecule has 0 bridgehead atoms. The van der Waals surface area contributed by atoms with Crippen molar-refractivity contribution in [2.75, 3.05) is 0 Å². The van der Waals surface area contributed by atoms with Gasteiger partial charge in [-0.1, -0.05) is 57.8 Å². The molecule has 3 fully saturated rings. The molecule has 0 atom stereocenters. The lowest BCUT2D eigenvalue weighted by atomic mass is 9.92. The summed E-state index contributed by atoms with van der Waals surface area (Å²) in [5.41, 5.74) is 0. The van der Waals surface area contributed by atoms with Gasteiger partial charge >= 0.3 is 0 Å². The van der Waals surface area contributed by atoms with E-state index in [2.05, 4.69) is 16.0 Å². The van der Waals surface area contributed by atoms with Gasteiger partial charge in [-0.25, -0.2) is 0 Å². The molecule has 0 aromatic carbocycles. The van der Waals surface area contributed by atoms with E-state index in [1.165, 1.54) is 113 Å². The topological polar surface area (TPSA) is 36.1 Å². The first-order valence-corrected chi connectivity index (χ1v) is 12.5. The summed E-state index contributed by atoms with van der Waals surface area (Å²) in [6.45, 7) is 0. The van der Waals surface area contributed by atoms with Crippen molar-refractivity contribution in [2.45, 2.75) is 126 Å². The monoisotopic (exact) mass is 351 g/mol. The predicted molar refractivity (Wildman–Crippen MR) is 108 cm³/mol. The molecule has 0 saturated heterocycles. The molecule has 4 heteroatoms. The summed E-state index contributed by atoms with van der Waals surface area (Å²) in [5.74, 6) is 0.0260. The average Bonchev–Trinajstić information content (AvgIpc) is 2.64. The van der Waals surface area contributed by atoms with E-state index in [0.29, 0.717) is 0 Å². The van der Waals surface area contributed by atoms with Crippen LogP contribution in [0.5, 0.6) is 0 Å². The lowest BCUT2D eigenvalue weighted by molar-refractivity contribution is 0.122. The van der Waals surface area contributed by atoms with Gasteiger partial charge in [0, 0.05) is 28.4 Å². The van der Waals surface area contributed by atoms with E-state index in [4.69, 9.17) is 0 Å². The molecule has 3 aliphatic rings. The van der Waals surface area contributed by atoms with E-state index in [0.717, 1.165) is 18.1 Å². The fourth-order valence-electron chi connectivity index (χ4n) is 5.22. The van der Waals surface area contributed by atoms with Crippen molar-refractivity contribution in [2.24, 2.45) is 0 Å². The van der Waals surface area contributed by atoms with Crippen molar-refractivity contribution in [3.63, 3.8) is 0 Å². The van der Waals surface area contributed by atoms with Crippen LogP contribution in [0.15, 0.2) is 0 Å². The quantitative estimate of drug-likeness (QED) is 0.487. The molecule has 3 rings (SSSR count). The van der Waals surface area contributed by atoms with Crippen molar-refractivity contribution in [1.82, 2.24) is 16.0 Å². The van der Waals surface area contributed by atoms with E-state index in [9.17, 15) is 0 Å². The van der Waals surface area contributed by atoms with Crippen LogP contribution >= 0.6 is 0 Å². The van der Waals surface area contributed by atoms with Crippen LogP contribution in [0.4, 0.5) is 0 Å². The maximum atomic E-state index is 4.13. The van der Waals surface area contributed by atoms with Crippen LogP contribution in [-0.4, -0.2) is 34.2 Å². The van der Waals surface area contributed by atoms with Crippen LogP contribution in [0.1, 0.15) is 96.3 Å². The number of hydrogen-bond acceptors (Lipinski definition) is 3. The standard InChI is InChI=1S/C20H41N3Si/c24-16-20(21-17-10-4-1-5-11-17,22-18-12-6-2-7-13-18)23-19-14-8-3-9-15-19/h17-19,21-23H,1-16H2,24H3. The van der Waals surface area contributed by atoms with Gasteiger partial charge in [0.15, 0.2) is 0 Å². The highest BCUT2D eigenvalue weighted by Gasteiger charge is 2.35. The van der Waals surface area contributed by atoms with E-state index in [-0.39, 0.29) is 5.79 Å². The third-order valence-electron chi connectivity index (χ3n) is 6.70. The van der Waals surface area contributed by atoms with E-state index in [1.54, 1.807) is 0 Å². The Morgan fingerprint density at radius 2 is 0.833 bits per heavy atom. The molecule has 0 amide bonds. The second-order valence-corrected chi connectivity index (χ2v) is 9.40.